The van der Waals surface area contributed by atoms with E-state index < -0.39 is 17.9 Å². The van der Waals surface area contributed by atoms with E-state index in [0.29, 0.717) is 25.4 Å². The molecule has 0 aliphatic heterocycles. The second-order valence-electron chi connectivity index (χ2n) is 4.83. The zero-order chi connectivity index (χ0) is 17.8. The fourth-order valence-electron chi connectivity index (χ4n) is 1.64. The molecule has 0 aliphatic carbocycles. The van der Waals surface area contributed by atoms with Gasteiger partial charge >= 0.3 is 0 Å². The van der Waals surface area contributed by atoms with Crippen LogP contribution in [0, 0.1) is 0 Å². The number of hydrogen-bond donors (Lipinski definition) is 2. The van der Waals surface area contributed by atoms with Gasteiger partial charge in [-0.25, -0.2) is 0 Å². The van der Waals surface area contributed by atoms with Crippen LogP contribution >= 0.6 is 0 Å². The van der Waals surface area contributed by atoms with Crippen molar-refractivity contribution in [3.63, 3.8) is 0 Å². The summed E-state index contributed by atoms with van der Waals surface area (Å²) >= 11 is 0. The third-order valence-electron chi connectivity index (χ3n) is 2.84. The van der Waals surface area contributed by atoms with Gasteiger partial charge in [0, 0.05) is 0 Å². The van der Waals surface area contributed by atoms with E-state index in [-0.39, 0.29) is 6.61 Å². The van der Waals surface area contributed by atoms with Gasteiger partial charge in [-0.3, -0.25) is 20.4 Å². The summed E-state index contributed by atoms with van der Waals surface area (Å²) in [4.78, 5) is 23.3. The molecule has 0 spiro atoms. The van der Waals surface area contributed by atoms with Crippen molar-refractivity contribution < 1.29 is 23.8 Å². The van der Waals surface area contributed by atoms with Crippen molar-refractivity contribution in [3.05, 3.63) is 36.9 Å². The maximum Gasteiger partial charge on any atom is 0.279 e. The van der Waals surface area contributed by atoms with E-state index in [1.165, 1.54) is 0 Å². The summed E-state index contributed by atoms with van der Waals surface area (Å²) in [7, 11) is 0. The minimum atomic E-state index is -0.773. The summed E-state index contributed by atoms with van der Waals surface area (Å²) < 4.78 is 15.9. The number of hydrogen-bond acceptors (Lipinski definition) is 5. The fraction of sp³-hybridized carbons (Fsp3) is 0.412. The van der Waals surface area contributed by atoms with E-state index in [9.17, 15) is 9.59 Å². The maximum atomic E-state index is 11.9. The summed E-state index contributed by atoms with van der Waals surface area (Å²) in [5.41, 5.74) is 4.55. The van der Waals surface area contributed by atoms with Gasteiger partial charge in [0.1, 0.15) is 18.1 Å². The Hall–Kier alpha value is -2.54. The molecule has 0 heterocycles. The smallest absolute Gasteiger partial charge is 0.279 e. The SMILES string of the molecule is C=CCCOCC(=O)NNC(=O)C(C)Oc1ccc(OCC)cc1. The molecule has 2 N–H and O–H groups in total. The highest BCUT2D eigenvalue weighted by Crippen LogP contribution is 2.18. The Morgan fingerprint density at radius 1 is 1.21 bits per heavy atom. The lowest BCUT2D eigenvalue weighted by Gasteiger charge is -2.15. The molecule has 1 rings (SSSR count). The summed E-state index contributed by atoms with van der Waals surface area (Å²) in [6.45, 7) is 7.87. The second kappa shape index (κ2) is 11.1. The van der Waals surface area contributed by atoms with Gasteiger partial charge in [0.2, 0.25) is 0 Å². The molecule has 0 saturated carbocycles. The largest absolute Gasteiger partial charge is 0.494 e. The van der Waals surface area contributed by atoms with Crippen molar-refractivity contribution in [3.8, 4) is 11.5 Å². The van der Waals surface area contributed by atoms with Gasteiger partial charge in [0.05, 0.1) is 13.2 Å². The topological polar surface area (TPSA) is 85.9 Å². The molecule has 1 atom stereocenters. The van der Waals surface area contributed by atoms with Crippen molar-refractivity contribution in [1.29, 1.82) is 0 Å². The van der Waals surface area contributed by atoms with E-state index in [2.05, 4.69) is 17.4 Å². The number of carbonyl (C=O) groups is 2. The lowest BCUT2D eigenvalue weighted by molar-refractivity contribution is -0.134. The number of hydrazine groups is 1. The van der Waals surface area contributed by atoms with Crippen molar-refractivity contribution >= 4 is 11.8 Å². The van der Waals surface area contributed by atoms with Crippen molar-refractivity contribution in [2.45, 2.75) is 26.4 Å². The number of amides is 2. The molecule has 1 unspecified atom stereocenters. The van der Waals surface area contributed by atoms with Crippen LogP contribution < -0.4 is 20.3 Å². The lowest BCUT2D eigenvalue weighted by Crippen LogP contribution is -2.48. The van der Waals surface area contributed by atoms with Gasteiger partial charge in [0.15, 0.2) is 6.10 Å². The third kappa shape index (κ3) is 7.64. The number of carbonyl (C=O) groups excluding carboxylic acids is 2. The number of nitrogens with one attached hydrogen (secondary N) is 2. The average Bonchev–Trinajstić information content (AvgIpc) is 2.58. The van der Waals surface area contributed by atoms with E-state index in [4.69, 9.17) is 14.2 Å². The molecule has 0 aliphatic rings. The molecule has 0 fully saturated rings. The van der Waals surface area contributed by atoms with Gasteiger partial charge in [0.25, 0.3) is 11.8 Å². The van der Waals surface area contributed by atoms with E-state index in [1.807, 2.05) is 6.92 Å². The van der Waals surface area contributed by atoms with Gasteiger partial charge in [-0.2, -0.15) is 0 Å². The molecule has 1 aromatic rings. The van der Waals surface area contributed by atoms with E-state index >= 15 is 0 Å². The molecule has 7 heteroatoms. The van der Waals surface area contributed by atoms with Crippen LogP contribution in [0.4, 0.5) is 0 Å². The second-order valence-corrected chi connectivity index (χ2v) is 4.83. The molecule has 132 valence electrons. The Morgan fingerprint density at radius 2 is 1.88 bits per heavy atom. The van der Waals surface area contributed by atoms with Crippen LogP contribution in [0.5, 0.6) is 11.5 Å². The van der Waals surface area contributed by atoms with E-state index in [1.54, 1.807) is 37.3 Å². The summed E-state index contributed by atoms with van der Waals surface area (Å²) in [5, 5.41) is 0. The monoisotopic (exact) mass is 336 g/mol. The average molecular weight is 336 g/mol. The summed E-state index contributed by atoms with van der Waals surface area (Å²) in [6.07, 6.45) is 1.58. The predicted molar refractivity (Wildman–Crippen MR) is 89.6 cm³/mol. The van der Waals surface area contributed by atoms with Crippen LogP contribution in [0.1, 0.15) is 20.3 Å². The molecule has 0 radical (unpaired) electrons. The van der Waals surface area contributed by atoms with E-state index in [0.717, 1.165) is 5.75 Å². The first-order chi connectivity index (χ1) is 11.6. The Bertz CT molecular complexity index is 530. The first-order valence-electron chi connectivity index (χ1n) is 7.73. The Morgan fingerprint density at radius 3 is 2.50 bits per heavy atom. The highest BCUT2D eigenvalue weighted by atomic mass is 16.5. The van der Waals surface area contributed by atoms with Gasteiger partial charge in [-0.15, -0.1) is 6.58 Å². The predicted octanol–water partition coefficient (Wildman–Crippen LogP) is 1.59. The number of benzene rings is 1. The molecular formula is C17H24N2O5. The molecular weight excluding hydrogens is 312 g/mol. The highest BCUT2D eigenvalue weighted by molar-refractivity contribution is 5.85. The number of rotatable bonds is 10. The van der Waals surface area contributed by atoms with Crippen LogP contribution in [-0.4, -0.2) is 37.7 Å². The highest BCUT2D eigenvalue weighted by Gasteiger charge is 2.15. The maximum absolute atomic E-state index is 11.9. The van der Waals surface area contributed by atoms with Crippen molar-refractivity contribution in [2.24, 2.45) is 0 Å². The van der Waals surface area contributed by atoms with Crippen LogP contribution in [0.25, 0.3) is 0 Å². The fourth-order valence-corrected chi connectivity index (χ4v) is 1.64. The van der Waals surface area contributed by atoms with Gasteiger partial charge < -0.3 is 14.2 Å². The van der Waals surface area contributed by atoms with Gasteiger partial charge in [-0.1, -0.05) is 6.08 Å². The minimum Gasteiger partial charge on any atom is -0.494 e. The van der Waals surface area contributed by atoms with Crippen molar-refractivity contribution in [2.75, 3.05) is 19.8 Å². The first-order valence-corrected chi connectivity index (χ1v) is 7.73. The minimum absolute atomic E-state index is 0.137. The van der Waals surface area contributed by atoms with Crippen LogP contribution in [-0.2, 0) is 14.3 Å². The Kier molecular flexibility index (Phi) is 8.99. The zero-order valence-corrected chi connectivity index (χ0v) is 14.0. The zero-order valence-electron chi connectivity index (χ0n) is 14.0. The van der Waals surface area contributed by atoms with Gasteiger partial charge in [-0.05, 0) is 44.5 Å². The molecule has 0 aromatic heterocycles. The summed E-state index contributed by atoms with van der Waals surface area (Å²) in [6, 6.07) is 6.93. The Labute approximate surface area is 141 Å². The van der Waals surface area contributed by atoms with Crippen LogP contribution in [0.15, 0.2) is 36.9 Å². The molecule has 0 bridgehead atoms. The normalized spacial score (nSPS) is 11.2. The Balaban J connectivity index is 2.31. The molecule has 1 aromatic carbocycles. The quantitative estimate of drug-likeness (QED) is 0.385. The van der Waals surface area contributed by atoms with Crippen LogP contribution in [0.3, 0.4) is 0 Å². The van der Waals surface area contributed by atoms with Crippen molar-refractivity contribution in [1.82, 2.24) is 10.9 Å². The van der Waals surface area contributed by atoms with Crippen LogP contribution in [0.2, 0.25) is 0 Å². The standard InChI is InChI=1S/C17H24N2O5/c1-4-6-11-22-12-16(20)18-19-17(21)13(3)24-15-9-7-14(8-10-15)23-5-2/h4,7-10,13H,1,5-6,11-12H2,2-3H3,(H,18,20)(H,19,21). The molecule has 7 nitrogen and oxygen atoms in total. The molecule has 2 amide bonds. The summed E-state index contributed by atoms with van der Waals surface area (Å²) in [5.74, 6) is 0.342. The molecule has 0 saturated heterocycles. The third-order valence-corrected chi connectivity index (χ3v) is 2.84. The molecule has 24 heavy (non-hydrogen) atoms. The number of ether oxygens (including phenoxy) is 3. The lowest BCUT2D eigenvalue weighted by atomic mass is 10.3. The first kappa shape index (κ1) is 19.5.